The molecule has 1 saturated heterocycles. The van der Waals surface area contributed by atoms with Gasteiger partial charge in [-0.25, -0.2) is 13.1 Å². The zero-order valence-corrected chi connectivity index (χ0v) is 13.7. The first kappa shape index (κ1) is 17.1. The summed E-state index contributed by atoms with van der Waals surface area (Å²) in [6.45, 7) is 3.90. The van der Waals surface area contributed by atoms with Gasteiger partial charge in [0.2, 0.25) is 10.0 Å². The van der Waals surface area contributed by atoms with Crippen LogP contribution in [0.5, 0.6) is 0 Å². The number of rotatable bonds is 5. The van der Waals surface area contributed by atoms with Gasteiger partial charge in [-0.05, 0) is 43.5 Å². The Balaban J connectivity index is 2.23. The Labute approximate surface area is 134 Å². The van der Waals surface area contributed by atoms with E-state index in [1.807, 2.05) is 6.92 Å². The molecule has 1 fully saturated rings. The van der Waals surface area contributed by atoms with Crippen molar-refractivity contribution < 1.29 is 13.3 Å². The summed E-state index contributed by atoms with van der Waals surface area (Å²) < 4.78 is 27.3. The normalized spacial score (nSPS) is 18.1. The number of halogens is 1. The zero-order chi connectivity index (χ0) is 16.4. The third kappa shape index (κ3) is 3.95. The van der Waals surface area contributed by atoms with Crippen LogP contribution < -0.4 is 10.0 Å². The fraction of sp³-hybridized carbons (Fsp3) is 0.538. The van der Waals surface area contributed by atoms with Crippen molar-refractivity contribution in [2.75, 3.05) is 19.6 Å². The Morgan fingerprint density at radius 2 is 2.05 bits per heavy atom. The van der Waals surface area contributed by atoms with E-state index in [1.54, 1.807) is 0 Å². The van der Waals surface area contributed by atoms with Gasteiger partial charge in [-0.15, -0.1) is 0 Å². The number of hydrogen-bond donors (Lipinski definition) is 2. The van der Waals surface area contributed by atoms with Gasteiger partial charge in [0.15, 0.2) is 4.90 Å². The SMILES string of the molecule is CC1(CNS(=O)(=O)c2cc(Cl)ccc2[N+](=O)[O-])CCNCC1. The summed E-state index contributed by atoms with van der Waals surface area (Å²) in [4.78, 5) is 9.89. The van der Waals surface area contributed by atoms with E-state index in [4.69, 9.17) is 11.6 Å². The minimum atomic E-state index is -3.99. The minimum Gasteiger partial charge on any atom is -0.317 e. The molecule has 0 aromatic heterocycles. The molecule has 0 amide bonds. The fourth-order valence-electron chi connectivity index (χ4n) is 2.41. The second kappa shape index (κ2) is 6.49. The zero-order valence-electron chi connectivity index (χ0n) is 12.1. The number of hydrogen-bond acceptors (Lipinski definition) is 5. The molecule has 1 aromatic carbocycles. The molecule has 0 spiro atoms. The maximum Gasteiger partial charge on any atom is 0.289 e. The molecule has 0 aliphatic carbocycles. The first-order chi connectivity index (χ1) is 10.2. The molecule has 7 nitrogen and oxygen atoms in total. The third-order valence-corrected chi connectivity index (χ3v) is 5.57. The molecule has 1 heterocycles. The lowest BCUT2D eigenvalue weighted by Gasteiger charge is -2.34. The van der Waals surface area contributed by atoms with E-state index in [1.165, 1.54) is 6.07 Å². The van der Waals surface area contributed by atoms with Gasteiger partial charge < -0.3 is 5.32 Å². The number of nitro groups is 1. The first-order valence-corrected chi connectivity index (χ1v) is 8.74. The van der Waals surface area contributed by atoms with E-state index in [-0.39, 0.29) is 17.0 Å². The summed E-state index contributed by atoms with van der Waals surface area (Å²) in [6.07, 6.45) is 1.68. The van der Waals surface area contributed by atoms with E-state index in [0.717, 1.165) is 38.1 Å². The van der Waals surface area contributed by atoms with Crippen LogP contribution in [-0.2, 0) is 10.0 Å². The van der Waals surface area contributed by atoms with Crippen LogP contribution in [0.15, 0.2) is 23.1 Å². The summed E-state index contributed by atoms with van der Waals surface area (Å²) in [5.74, 6) is 0. The lowest BCUT2D eigenvalue weighted by atomic mass is 9.81. The van der Waals surface area contributed by atoms with Crippen molar-refractivity contribution in [1.29, 1.82) is 0 Å². The van der Waals surface area contributed by atoms with Crippen LogP contribution >= 0.6 is 11.6 Å². The van der Waals surface area contributed by atoms with Crippen LogP contribution in [-0.4, -0.2) is 33.0 Å². The second-order valence-electron chi connectivity index (χ2n) is 5.75. The van der Waals surface area contributed by atoms with Crippen LogP contribution in [0.4, 0.5) is 5.69 Å². The van der Waals surface area contributed by atoms with E-state index >= 15 is 0 Å². The van der Waals surface area contributed by atoms with E-state index in [2.05, 4.69) is 10.0 Å². The molecule has 1 aliphatic heterocycles. The topological polar surface area (TPSA) is 101 Å². The summed E-state index contributed by atoms with van der Waals surface area (Å²) >= 11 is 5.78. The molecular weight excluding hydrogens is 330 g/mol. The lowest BCUT2D eigenvalue weighted by Crippen LogP contribution is -2.42. The molecule has 0 unspecified atom stereocenters. The van der Waals surface area contributed by atoms with Crippen LogP contribution in [0.25, 0.3) is 0 Å². The summed E-state index contributed by atoms with van der Waals surface area (Å²) in [5, 5.41) is 14.4. The van der Waals surface area contributed by atoms with Crippen molar-refractivity contribution in [3.63, 3.8) is 0 Å². The molecule has 0 saturated carbocycles. The van der Waals surface area contributed by atoms with Gasteiger partial charge in [-0.2, -0.15) is 0 Å². The Kier molecular flexibility index (Phi) is 5.06. The molecule has 122 valence electrons. The third-order valence-electron chi connectivity index (χ3n) is 3.91. The Morgan fingerprint density at radius 1 is 1.41 bits per heavy atom. The Bertz CT molecular complexity index is 672. The lowest BCUT2D eigenvalue weighted by molar-refractivity contribution is -0.387. The molecular formula is C13H18ClN3O4S. The standard InChI is InChI=1S/C13H18ClN3O4S/c1-13(4-6-15-7-5-13)9-16-22(20,21)12-8-10(14)2-3-11(12)17(18)19/h2-3,8,15-16H,4-7,9H2,1H3. The van der Waals surface area contributed by atoms with Gasteiger partial charge >= 0.3 is 0 Å². The number of piperidine rings is 1. The summed E-state index contributed by atoms with van der Waals surface area (Å²) in [6, 6.07) is 3.50. The van der Waals surface area contributed by atoms with E-state index in [9.17, 15) is 18.5 Å². The van der Waals surface area contributed by atoms with Gasteiger partial charge in [0.05, 0.1) is 4.92 Å². The molecule has 0 bridgehead atoms. The number of nitro benzene ring substituents is 1. The van der Waals surface area contributed by atoms with Gasteiger partial charge in [0.25, 0.3) is 5.69 Å². The van der Waals surface area contributed by atoms with Crippen molar-refractivity contribution in [3.8, 4) is 0 Å². The number of sulfonamides is 1. The maximum atomic E-state index is 12.4. The van der Waals surface area contributed by atoms with Gasteiger partial charge in [0, 0.05) is 17.6 Å². The smallest absolute Gasteiger partial charge is 0.289 e. The summed E-state index contributed by atoms with van der Waals surface area (Å²) in [7, 11) is -3.99. The number of benzene rings is 1. The van der Waals surface area contributed by atoms with E-state index in [0.29, 0.717) is 0 Å². The average molecular weight is 348 g/mol. The van der Waals surface area contributed by atoms with Crippen molar-refractivity contribution in [2.24, 2.45) is 5.41 Å². The molecule has 0 radical (unpaired) electrons. The van der Waals surface area contributed by atoms with Crippen LogP contribution in [0.1, 0.15) is 19.8 Å². The van der Waals surface area contributed by atoms with E-state index < -0.39 is 25.5 Å². The highest BCUT2D eigenvalue weighted by molar-refractivity contribution is 7.89. The molecule has 22 heavy (non-hydrogen) atoms. The van der Waals surface area contributed by atoms with Crippen molar-refractivity contribution in [1.82, 2.24) is 10.0 Å². The van der Waals surface area contributed by atoms with Gasteiger partial charge in [-0.3, -0.25) is 10.1 Å². The number of nitrogens with zero attached hydrogens (tertiary/aromatic N) is 1. The molecule has 2 N–H and O–H groups in total. The van der Waals surface area contributed by atoms with Crippen molar-refractivity contribution >= 4 is 27.3 Å². The largest absolute Gasteiger partial charge is 0.317 e. The minimum absolute atomic E-state index is 0.138. The number of nitrogens with one attached hydrogen (secondary N) is 2. The van der Waals surface area contributed by atoms with Gasteiger partial charge in [0.1, 0.15) is 0 Å². The average Bonchev–Trinajstić information content (AvgIpc) is 2.46. The van der Waals surface area contributed by atoms with Crippen molar-refractivity contribution in [2.45, 2.75) is 24.7 Å². The highest BCUT2D eigenvalue weighted by Crippen LogP contribution is 2.30. The maximum absolute atomic E-state index is 12.4. The predicted molar refractivity (Wildman–Crippen MR) is 83.5 cm³/mol. The molecule has 9 heteroatoms. The van der Waals surface area contributed by atoms with Crippen LogP contribution in [0.3, 0.4) is 0 Å². The van der Waals surface area contributed by atoms with Crippen LogP contribution in [0.2, 0.25) is 5.02 Å². The fourth-order valence-corrected chi connectivity index (χ4v) is 4.04. The molecule has 1 aromatic rings. The Morgan fingerprint density at radius 3 is 2.64 bits per heavy atom. The molecule has 2 rings (SSSR count). The molecule has 1 aliphatic rings. The monoisotopic (exact) mass is 347 g/mol. The first-order valence-electron chi connectivity index (χ1n) is 6.88. The predicted octanol–water partition coefficient (Wildman–Crippen LogP) is 1.92. The Hall–Kier alpha value is -1.22. The van der Waals surface area contributed by atoms with Crippen molar-refractivity contribution in [3.05, 3.63) is 33.3 Å². The second-order valence-corrected chi connectivity index (χ2v) is 7.93. The quantitative estimate of drug-likeness (QED) is 0.626. The van der Waals surface area contributed by atoms with Gasteiger partial charge in [-0.1, -0.05) is 18.5 Å². The molecule has 0 atom stereocenters. The highest BCUT2D eigenvalue weighted by Gasteiger charge is 2.31. The summed E-state index contributed by atoms with van der Waals surface area (Å²) in [5.41, 5.74) is -0.640. The highest BCUT2D eigenvalue weighted by atomic mass is 35.5. The van der Waals surface area contributed by atoms with Crippen LogP contribution in [0, 0.1) is 15.5 Å².